The second kappa shape index (κ2) is 10.6. The number of carbonyl (C=O) groups is 2. The Balaban J connectivity index is 1.33. The molecule has 2 fully saturated rings. The fraction of sp³-hybridized carbons (Fsp3) is 0.515. The van der Waals surface area contributed by atoms with Crippen LogP contribution in [-0.4, -0.2) is 54.7 Å². The number of aryl methyl sites for hydroxylation is 1. The van der Waals surface area contributed by atoms with E-state index < -0.39 is 21.7 Å². The lowest BCUT2D eigenvalue weighted by Gasteiger charge is -2.41. The summed E-state index contributed by atoms with van der Waals surface area (Å²) >= 11 is 6.42. The Hall–Kier alpha value is -2.88. The number of halogens is 1. The molecule has 2 aliphatic heterocycles. The Labute approximate surface area is 258 Å². The van der Waals surface area contributed by atoms with Gasteiger partial charge in [-0.05, 0) is 97.2 Å². The summed E-state index contributed by atoms with van der Waals surface area (Å²) < 4.78 is 32.8. The van der Waals surface area contributed by atoms with Gasteiger partial charge in [-0.25, -0.2) is 4.21 Å². The highest BCUT2D eigenvalue weighted by atomic mass is 35.5. The van der Waals surface area contributed by atoms with Gasteiger partial charge in [0.15, 0.2) is 0 Å². The Morgan fingerprint density at radius 2 is 2.07 bits per heavy atom. The van der Waals surface area contributed by atoms with E-state index in [1.807, 2.05) is 18.2 Å². The number of ether oxygens (including phenoxy) is 2. The van der Waals surface area contributed by atoms with E-state index in [1.54, 1.807) is 13.2 Å². The van der Waals surface area contributed by atoms with Crippen molar-refractivity contribution in [2.75, 3.05) is 37.5 Å². The first-order valence-electron chi connectivity index (χ1n) is 15.2. The third-order valence-electron chi connectivity index (χ3n) is 10.2. The van der Waals surface area contributed by atoms with Crippen LogP contribution in [0.25, 0.3) is 0 Å². The van der Waals surface area contributed by atoms with Crippen molar-refractivity contribution in [2.24, 2.45) is 21.6 Å². The molecule has 2 spiro atoms. The van der Waals surface area contributed by atoms with Crippen LogP contribution >= 0.6 is 11.6 Å². The summed E-state index contributed by atoms with van der Waals surface area (Å²) in [5, 5.41) is 0.751. The van der Waals surface area contributed by atoms with Crippen molar-refractivity contribution in [1.29, 1.82) is 0 Å². The summed E-state index contributed by atoms with van der Waals surface area (Å²) in [7, 11) is -1.51. The van der Waals surface area contributed by atoms with Gasteiger partial charge in [-0.2, -0.15) is 0 Å². The van der Waals surface area contributed by atoms with E-state index in [9.17, 15) is 13.8 Å². The van der Waals surface area contributed by atoms with E-state index in [-0.39, 0.29) is 22.7 Å². The Bertz CT molecular complexity index is 1650. The molecule has 5 aliphatic rings. The standard InChI is InChI=1S/C33H38ClN3O5S/c1-21(38)35-43(40)14-5-3-4-8-29(41-2)30-26-17-33(26,30)19-37-18-32(13-6-7-22-15-24(34)10-11-25(22)32)20-42-28-12-9-23(16-27(28)37)31(39)36-43/h4,8-12,15-16,26,29-30H,3,5-7,13-14,17-20H2,1-2H3,(H,35,36,38,39,40)/b8-4+/t26?,29-,30-,32-,33-,43+/m0/s1. The first-order valence-corrected chi connectivity index (χ1v) is 17.3. The van der Waals surface area contributed by atoms with Crippen LogP contribution in [0.4, 0.5) is 5.69 Å². The first kappa shape index (κ1) is 28.9. The van der Waals surface area contributed by atoms with Gasteiger partial charge in [0.1, 0.15) is 15.7 Å². The third kappa shape index (κ3) is 5.17. The number of carbonyl (C=O) groups excluding carboxylic acids is 2. The SMILES string of the molecule is CO[C@H]1/C=C/CCC[S@@](=O)(NC(C)=O)=NC(=O)c2ccc3c(c2)N(C[C@@]2(CCCc4cc(Cl)ccc42)CO3)C[C@@]23CC2[C@@H]13. The van der Waals surface area contributed by atoms with E-state index in [0.29, 0.717) is 36.8 Å². The van der Waals surface area contributed by atoms with Crippen molar-refractivity contribution in [3.8, 4) is 5.75 Å². The lowest BCUT2D eigenvalue weighted by Crippen LogP contribution is -2.47. The first-order chi connectivity index (χ1) is 20.7. The maximum absolute atomic E-state index is 13.6. The molecule has 0 radical (unpaired) electrons. The van der Waals surface area contributed by atoms with Crippen molar-refractivity contribution < 1.29 is 23.3 Å². The molecule has 2 amide bonds. The third-order valence-corrected chi connectivity index (χ3v) is 12.4. The minimum atomic E-state index is -3.28. The molecular formula is C33H38ClN3O5S. The molecule has 1 N–H and O–H groups in total. The van der Waals surface area contributed by atoms with E-state index >= 15 is 0 Å². The molecule has 43 heavy (non-hydrogen) atoms. The monoisotopic (exact) mass is 623 g/mol. The summed E-state index contributed by atoms with van der Waals surface area (Å²) in [6.45, 7) is 3.41. The van der Waals surface area contributed by atoms with Crippen molar-refractivity contribution in [1.82, 2.24) is 4.72 Å². The van der Waals surface area contributed by atoms with Gasteiger partial charge >= 0.3 is 0 Å². The molecule has 228 valence electrons. The molecule has 7 rings (SSSR count). The Morgan fingerprint density at radius 1 is 1.21 bits per heavy atom. The highest BCUT2D eigenvalue weighted by molar-refractivity contribution is 7.92. The average Bonchev–Trinajstić information content (AvgIpc) is 3.84. The van der Waals surface area contributed by atoms with Crippen LogP contribution in [0.1, 0.15) is 60.5 Å². The van der Waals surface area contributed by atoms with Gasteiger partial charge in [0.05, 0.1) is 24.2 Å². The van der Waals surface area contributed by atoms with E-state index in [2.05, 4.69) is 38.3 Å². The van der Waals surface area contributed by atoms with Crippen LogP contribution in [-0.2, 0) is 31.3 Å². The molecule has 6 atom stereocenters. The second-order valence-electron chi connectivity index (χ2n) is 13.0. The van der Waals surface area contributed by atoms with Crippen molar-refractivity contribution in [2.45, 2.75) is 57.0 Å². The summed E-state index contributed by atoms with van der Waals surface area (Å²) in [4.78, 5) is 27.8. The zero-order valence-corrected chi connectivity index (χ0v) is 26.2. The van der Waals surface area contributed by atoms with Crippen LogP contribution in [0.15, 0.2) is 52.9 Å². The summed E-state index contributed by atoms with van der Waals surface area (Å²) in [5.41, 5.74) is 3.70. The number of fused-ring (bicyclic) bond motifs is 4. The highest BCUT2D eigenvalue weighted by Gasteiger charge is 2.80. The van der Waals surface area contributed by atoms with Crippen molar-refractivity contribution in [3.05, 3.63) is 70.3 Å². The Kier molecular flexibility index (Phi) is 7.14. The second-order valence-corrected chi connectivity index (χ2v) is 15.5. The predicted octanol–water partition coefficient (Wildman–Crippen LogP) is 5.47. The summed E-state index contributed by atoms with van der Waals surface area (Å²) in [5.74, 6) is 0.773. The molecule has 3 aliphatic carbocycles. The van der Waals surface area contributed by atoms with Gasteiger partial charge in [-0.1, -0.05) is 29.8 Å². The van der Waals surface area contributed by atoms with Gasteiger partial charge in [0, 0.05) is 43.1 Å². The summed E-state index contributed by atoms with van der Waals surface area (Å²) in [6.07, 6.45) is 9.59. The van der Waals surface area contributed by atoms with E-state index in [0.717, 1.165) is 48.8 Å². The van der Waals surface area contributed by atoms with Gasteiger partial charge in [0.25, 0.3) is 5.91 Å². The lowest BCUT2D eigenvalue weighted by atomic mass is 9.70. The number of nitrogens with zero attached hydrogens (tertiary/aromatic N) is 2. The van der Waals surface area contributed by atoms with Crippen LogP contribution in [0, 0.1) is 17.3 Å². The molecule has 0 aromatic heterocycles. The number of allylic oxidation sites excluding steroid dienone is 1. The molecule has 2 aromatic rings. The minimum absolute atomic E-state index is 0.0122. The zero-order chi connectivity index (χ0) is 30.0. The maximum Gasteiger partial charge on any atom is 0.286 e. The molecule has 2 heterocycles. The molecule has 1 unspecified atom stereocenters. The molecule has 2 aromatic carbocycles. The minimum Gasteiger partial charge on any atom is -0.490 e. The van der Waals surface area contributed by atoms with Crippen LogP contribution in [0.5, 0.6) is 5.75 Å². The average molecular weight is 624 g/mol. The van der Waals surface area contributed by atoms with Crippen LogP contribution in [0.3, 0.4) is 0 Å². The number of amides is 2. The fourth-order valence-electron chi connectivity index (χ4n) is 7.99. The summed E-state index contributed by atoms with van der Waals surface area (Å²) in [6, 6.07) is 11.6. The molecule has 2 bridgehead atoms. The van der Waals surface area contributed by atoms with Gasteiger partial charge in [-0.3, -0.25) is 14.3 Å². The molecule has 8 nitrogen and oxygen atoms in total. The highest BCUT2D eigenvalue weighted by Crippen LogP contribution is 2.81. The topological polar surface area (TPSA) is 97.3 Å². The molecule has 0 saturated heterocycles. The van der Waals surface area contributed by atoms with Crippen LogP contribution in [0.2, 0.25) is 5.02 Å². The molecule has 2 saturated carbocycles. The largest absolute Gasteiger partial charge is 0.490 e. The quantitative estimate of drug-likeness (QED) is 0.446. The molecule has 10 heteroatoms. The molecular weight excluding hydrogens is 586 g/mol. The normalized spacial score (nSPS) is 35.3. The van der Waals surface area contributed by atoms with Crippen LogP contribution < -0.4 is 14.4 Å². The maximum atomic E-state index is 13.6. The smallest absolute Gasteiger partial charge is 0.286 e. The number of hydrogen-bond acceptors (Lipinski definition) is 6. The number of anilines is 1. The Morgan fingerprint density at radius 3 is 2.86 bits per heavy atom. The number of rotatable bonds is 2. The van der Waals surface area contributed by atoms with Gasteiger partial charge < -0.3 is 14.4 Å². The zero-order valence-electron chi connectivity index (χ0n) is 24.6. The fourth-order valence-corrected chi connectivity index (χ4v) is 9.81. The van der Waals surface area contributed by atoms with Crippen molar-refractivity contribution >= 4 is 39.0 Å². The van der Waals surface area contributed by atoms with Gasteiger partial charge in [0.2, 0.25) is 5.91 Å². The predicted molar refractivity (Wildman–Crippen MR) is 167 cm³/mol. The number of hydrogen-bond donors (Lipinski definition) is 1. The lowest BCUT2D eigenvalue weighted by molar-refractivity contribution is -0.117. The van der Waals surface area contributed by atoms with Gasteiger partial charge in [-0.15, -0.1) is 4.36 Å². The van der Waals surface area contributed by atoms with Crippen molar-refractivity contribution in [3.63, 3.8) is 0 Å². The number of nitrogens with one attached hydrogen (secondary N) is 1. The van der Waals surface area contributed by atoms with E-state index in [1.165, 1.54) is 24.5 Å². The van der Waals surface area contributed by atoms with E-state index in [4.69, 9.17) is 21.1 Å². The number of methoxy groups -OCH3 is 1. The number of benzene rings is 2.